The smallest absolute Gasteiger partial charge is 0.167 e. The molecule has 3 nitrogen and oxygen atoms in total. The molecule has 0 amide bonds. The second kappa shape index (κ2) is 3.15. The largest absolute Gasteiger partial charge is 0.366 e. The zero-order valence-corrected chi connectivity index (χ0v) is 7.23. The van der Waals surface area contributed by atoms with Gasteiger partial charge in [0.2, 0.25) is 0 Å². The summed E-state index contributed by atoms with van der Waals surface area (Å²) in [5, 5.41) is 3.10. The number of rotatable bonds is 1. The molecular formula is C8H8N2OS. The topological polar surface area (TPSA) is 41.5 Å². The fourth-order valence-corrected chi connectivity index (χ4v) is 1.90. The van der Waals surface area contributed by atoms with Gasteiger partial charge in [-0.3, -0.25) is 4.79 Å². The SMILES string of the molecule is O=C1C=C(C2=NC=CCN2)SC1. The normalized spacial score (nSPS) is 21.8. The molecule has 4 heteroatoms. The summed E-state index contributed by atoms with van der Waals surface area (Å²) in [7, 11) is 0. The van der Waals surface area contributed by atoms with Crippen LogP contribution in [-0.4, -0.2) is 23.9 Å². The molecule has 0 unspecified atom stereocenters. The first kappa shape index (κ1) is 7.61. The quantitative estimate of drug-likeness (QED) is 0.646. The summed E-state index contributed by atoms with van der Waals surface area (Å²) in [6, 6.07) is 0. The zero-order chi connectivity index (χ0) is 8.39. The summed E-state index contributed by atoms with van der Waals surface area (Å²) in [5.41, 5.74) is 0. The maximum absolute atomic E-state index is 10.9. The van der Waals surface area contributed by atoms with Crippen LogP contribution >= 0.6 is 11.8 Å². The molecule has 0 saturated heterocycles. The Morgan fingerprint density at radius 1 is 1.58 bits per heavy atom. The summed E-state index contributed by atoms with van der Waals surface area (Å²) in [5.74, 6) is 1.56. The Labute approximate surface area is 74.6 Å². The van der Waals surface area contributed by atoms with E-state index in [1.807, 2.05) is 6.08 Å². The minimum atomic E-state index is 0.175. The molecule has 0 saturated carbocycles. The third kappa shape index (κ3) is 1.43. The number of allylic oxidation sites excluding steroid dienone is 1. The van der Waals surface area contributed by atoms with Gasteiger partial charge in [0.05, 0.1) is 10.7 Å². The van der Waals surface area contributed by atoms with E-state index in [0.29, 0.717) is 5.75 Å². The van der Waals surface area contributed by atoms with Gasteiger partial charge in [-0.05, 0) is 12.2 Å². The molecule has 2 rings (SSSR count). The molecule has 1 N–H and O–H groups in total. The van der Waals surface area contributed by atoms with Crippen LogP contribution in [0, 0.1) is 0 Å². The standard InChI is InChI=1S/C8H8N2OS/c11-6-4-7(12-5-6)8-9-2-1-3-10-8/h1-2,4H,3,5H2,(H,9,10). The van der Waals surface area contributed by atoms with Gasteiger partial charge in [-0.1, -0.05) is 0 Å². The lowest BCUT2D eigenvalue weighted by atomic mass is 10.3. The van der Waals surface area contributed by atoms with Gasteiger partial charge in [0.25, 0.3) is 0 Å². The van der Waals surface area contributed by atoms with Crippen LogP contribution in [0.1, 0.15) is 0 Å². The number of amidine groups is 1. The van der Waals surface area contributed by atoms with Crippen LogP contribution in [0.3, 0.4) is 0 Å². The molecule has 0 radical (unpaired) electrons. The molecule has 0 atom stereocenters. The van der Waals surface area contributed by atoms with Crippen LogP contribution in [0.2, 0.25) is 0 Å². The van der Waals surface area contributed by atoms with Gasteiger partial charge >= 0.3 is 0 Å². The highest BCUT2D eigenvalue weighted by molar-refractivity contribution is 8.05. The molecule has 2 aliphatic heterocycles. The lowest BCUT2D eigenvalue weighted by molar-refractivity contribution is -0.112. The lowest BCUT2D eigenvalue weighted by Gasteiger charge is -2.09. The van der Waals surface area contributed by atoms with E-state index in [0.717, 1.165) is 17.3 Å². The minimum Gasteiger partial charge on any atom is -0.366 e. The molecule has 2 aliphatic rings. The Morgan fingerprint density at radius 2 is 2.50 bits per heavy atom. The van der Waals surface area contributed by atoms with Crippen molar-refractivity contribution in [3.8, 4) is 0 Å². The van der Waals surface area contributed by atoms with E-state index in [-0.39, 0.29) is 5.78 Å². The summed E-state index contributed by atoms with van der Waals surface area (Å²) in [4.78, 5) is 16.0. The summed E-state index contributed by atoms with van der Waals surface area (Å²) < 4.78 is 0. The Kier molecular flexibility index (Phi) is 1.99. The Bertz CT molecular complexity index is 302. The molecule has 0 aromatic carbocycles. The van der Waals surface area contributed by atoms with Gasteiger partial charge in [0, 0.05) is 12.7 Å². The van der Waals surface area contributed by atoms with E-state index in [1.54, 1.807) is 24.0 Å². The molecule has 2 heterocycles. The van der Waals surface area contributed by atoms with Crippen molar-refractivity contribution < 1.29 is 4.79 Å². The van der Waals surface area contributed by atoms with Crippen molar-refractivity contribution >= 4 is 23.4 Å². The number of carbonyl (C=O) groups excluding carboxylic acids is 1. The van der Waals surface area contributed by atoms with Crippen molar-refractivity contribution in [3.63, 3.8) is 0 Å². The first-order chi connectivity index (χ1) is 5.86. The van der Waals surface area contributed by atoms with Crippen molar-refractivity contribution in [2.45, 2.75) is 0 Å². The maximum Gasteiger partial charge on any atom is 0.167 e. The van der Waals surface area contributed by atoms with Gasteiger partial charge in [-0.2, -0.15) is 0 Å². The molecule has 0 bridgehead atoms. The van der Waals surface area contributed by atoms with Gasteiger partial charge in [-0.25, -0.2) is 4.99 Å². The zero-order valence-electron chi connectivity index (χ0n) is 6.41. The Morgan fingerprint density at radius 3 is 3.08 bits per heavy atom. The van der Waals surface area contributed by atoms with Crippen LogP contribution in [0.4, 0.5) is 0 Å². The average Bonchev–Trinajstić information content (AvgIpc) is 2.54. The van der Waals surface area contributed by atoms with E-state index in [1.165, 1.54) is 0 Å². The van der Waals surface area contributed by atoms with Crippen molar-refractivity contribution in [1.29, 1.82) is 0 Å². The second-order valence-corrected chi connectivity index (χ2v) is 3.52. The van der Waals surface area contributed by atoms with E-state index in [2.05, 4.69) is 10.3 Å². The van der Waals surface area contributed by atoms with E-state index in [9.17, 15) is 4.79 Å². The summed E-state index contributed by atoms with van der Waals surface area (Å²) in [6.07, 6.45) is 5.34. The Hall–Kier alpha value is -1.03. The molecule has 0 aliphatic carbocycles. The van der Waals surface area contributed by atoms with Gasteiger partial charge in [-0.15, -0.1) is 11.8 Å². The van der Waals surface area contributed by atoms with Crippen molar-refractivity contribution in [2.75, 3.05) is 12.3 Å². The lowest BCUT2D eigenvalue weighted by Crippen LogP contribution is -2.25. The number of hydrogen-bond acceptors (Lipinski definition) is 4. The van der Waals surface area contributed by atoms with Crippen molar-refractivity contribution in [1.82, 2.24) is 5.32 Å². The summed E-state index contributed by atoms with van der Waals surface area (Å²) >= 11 is 1.54. The molecule has 0 aromatic heterocycles. The van der Waals surface area contributed by atoms with Gasteiger partial charge in [0.1, 0.15) is 5.84 Å². The molecule has 0 spiro atoms. The van der Waals surface area contributed by atoms with Crippen LogP contribution < -0.4 is 5.32 Å². The van der Waals surface area contributed by atoms with Crippen LogP contribution in [0.5, 0.6) is 0 Å². The average molecular weight is 180 g/mol. The van der Waals surface area contributed by atoms with Crippen LogP contribution in [0.15, 0.2) is 28.2 Å². The summed E-state index contributed by atoms with van der Waals surface area (Å²) in [6.45, 7) is 0.797. The third-order valence-corrected chi connectivity index (χ3v) is 2.64. The molecular weight excluding hydrogens is 172 g/mol. The monoisotopic (exact) mass is 180 g/mol. The van der Waals surface area contributed by atoms with E-state index < -0.39 is 0 Å². The highest BCUT2D eigenvalue weighted by atomic mass is 32.2. The maximum atomic E-state index is 10.9. The first-order valence-electron chi connectivity index (χ1n) is 3.70. The first-order valence-corrected chi connectivity index (χ1v) is 4.69. The molecule has 12 heavy (non-hydrogen) atoms. The second-order valence-electron chi connectivity index (χ2n) is 2.51. The number of nitrogens with one attached hydrogen (secondary N) is 1. The molecule has 62 valence electrons. The Balaban J connectivity index is 2.19. The van der Waals surface area contributed by atoms with Gasteiger partial charge in [0.15, 0.2) is 5.78 Å². The number of aliphatic imine (C=N–C) groups is 1. The third-order valence-electron chi connectivity index (χ3n) is 1.59. The highest BCUT2D eigenvalue weighted by Gasteiger charge is 2.17. The van der Waals surface area contributed by atoms with Gasteiger partial charge < -0.3 is 5.32 Å². The van der Waals surface area contributed by atoms with Crippen molar-refractivity contribution in [3.05, 3.63) is 23.3 Å². The number of ketones is 1. The number of hydrogen-bond donors (Lipinski definition) is 1. The predicted molar refractivity (Wildman–Crippen MR) is 50.1 cm³/mol. The van der Waals surface area contributed by atoms with E-state index >= 15 is 0 Å². The van der Waals surface area contributed by atoms with Crippen LogP contribution in [-0.2, 0) is 4.79 Å². The number of thioether (sulfide) groups is 1. The number of carbonyl (C=O) groups is 1. The van der Waals surface area contributed by atoms with Crippen molar-refractivity contribution in [2.24, 2.45) is 4.99 Å². The molecule has 0 fully saturated rings. The fourth-order valence-electron chi connectivity index (χ4n) is 1.05. The molecule has 0 aromatic rings. The van der Waals surface area contributed by atoms with E-state index in [4.69, 9.17) is 0 Å². The predicted octanol–water partition coefficient (Wildman–Crippen LogP) is 0.702. The highest BCUT2D eigenvalue weighted by Crippen LogP contribution is 2.23. The minimum absolute atomic E-state index is 0.175. The fraction of sp³-hybridized carbons (Fsp3) is 0.250. The van der Waals surface area contributed by atoms with Crippen LogP contribution in [0.25, 0.3) is 0 Å². The number of nitrogens with zero attached hydrogens (tertiary/aromatic N) is 1.